The average molecular weight is 305 g/mol. The number of nitrogens with zero attached hydrogens (tertiary/aromatic N) is 1. The van der Waals surface area contributed by atoms with Gasteiger partial charge in [-0.2, -0.15) is 5.10 Å². The molecule has 1 N–H and O–H groups in total. The number of halogens is 1. The van der Waals surface area contributed by atoms with Gasteiger partial charge in [0.1, 0.15) is 6.61 Å². The number of hydrazone groups is 1. The first-order valence-corrected chi connectivity index (χ1v) is 6.86. The molecule has 0 aromatic heterocycles. The van der Waals surface area contributed by atoms with Crippen LogP contribution >= 0.6 is 11.6 Å². The molecule has 2 rings (SSSR count). The van der Waals surface area contributed by atoms with Crippen LogP contribution in [0.3, 0.4) is 0 Å². The van der Waals surface area contributed by atoms with Crippen LogP contribution in [0.25, 0.3) is 0 Å². The highest BCUT2D eigenvalue weighted by molar-refractivity contribution is 6.30. The first-order chi connectivity index (χ1) is 10.2. The van der Waals surface area contributed by atoms with Gasteiger partial charge in [-0.3, -0.25) is 0 Å². The monoisotopic (exact) mass is 304 g/mol. The van der Waals surface area contributed by atoms with E-state index in [0.29, 0.717) is 23.1 Å². The largest absolute Gasteiger partial charge is 0.493 e. The van der Waals surface area contributed by atoms with Gasteiger partial charge in [0.15, 0.2) is 11.5 Å². The molecule has 0 saturated carbocycles. The Morgan fingerprint density at radius 3 is 2.76 bits per heavy atom. The van der Waals surface area contributed by atoms with E-state index < -0.39 is 0 Å². The van der Waals surface area contributed by atoms with Gasteiger partial charge in [0.05, 0.1) is 13.3 Å². The van der Waals surface area contributed by atoms with Gasteiger partial charge in [-0.25, -0.2) is 0 Å². The standard InChI is InChI=1S/C16H17ClN2O2/c1-18-19-10-12-6-7-15(16(9-12)20-2)21-11-13-4-3-5-14(17)8-13/h3-10,18H,11H2,1-2H3/b19-10+. The zero-order valence-electron chi connectivity index (χ0n) is 12.0. The summed E-state index contributed by atoms with van der Waals surface area (Å²) in [6.07, 6.45) is 1.71. The van der Waals surface area contributed by atoms with Crippen molar-refractivity contribution in [1.29, 1.82) is 0 Å². The maximum Gasteiger partial charge on any atom is 0.161 e. The Labute approximate surface area is 129 Å². The highest BCUT2D eigenvalue weighted by Gasteiger charge is 2.05. The number of hydrogen-bond donors (Lipinski definition) is 1. The zero-order valence-corrected chi connectivity index (χ0v) is 12.7. The van der Waals surface area contributed by atoms with Crippen LogP contribution in [0.1, 0.15) is 11.1 Å². The molecule has 21 heavy (non-hydrogen) atoms. The molecule has 0 saturated heterocycles. The number of nitrogens with one attached hydrogen (secondary N) is 1. The van der Waals surface area contributed by atoms with Crippen LogP contribution in [-0.4, -0.2) is 20.4 Å². The van der Waals surface area contributed by atoms with Gasteiger partial charge in [-0.15, -0.1) is 0 Å². The summed E-state index contributed by atoms with van der Waals surface area (Å²) in [7, 11) is 3.36. The van der Waals surface area contributed by atoms with E-state index in [4.69, 9.17) is 21.1 Å². The summed E-state index contributed by atoms with van der Waals surface area (Å²) in [6.45, 7) is 0.431. The number of ether oxygens (including phenoxy) is 2. The molecule has 0 amide bonds. The molecule has 2 aromatic carbocycles. The lowest BCUT2D eigenvalue weighted by molar-refractivity contribution is 0.284. The highest BCUT2D eigenvalue weighted by atomic mass is 35.5. The minimum atomic E-state index is 0.431. The predicted octanol–water partition coefficient (Wildman–Crippen LogP) is 3.48. The van der Waals surface area contributed by atoms with E-state index in [1.54, 1.807) is 20.4 Å². The van der Waals surface area contributed by atoms with Crippen LogP contribution in [0, 0.1) is 0 Å². The van der Waals surface area contributed by atoms with Crippen LogP contribution in [0.2, 0.25) is 5.02 Å². The first kappa shape index (κ1) is 15.2. The molecule has 110 valence electrons. The van der Waals surface area contributed by atoms with Gasteiger partial charge in [0, 0.05) is 12.1 Å². The van der Waals surface area contributed by atoms with Crippen molar-refractivity contribution in [2.24, 2.45) is 5.10 Å². The Hall–Kier alpha value is -2.20. The van der Waals surface area contributed by atoms with Crippen LogP contribution in [0.15, 0.2) is 47.6 Å². The van der Waals surface area contributed by atoms with Crippen LogP contribution in [0.4, 0.5) is 0 Å². The maximum absolute atomic E-state index is 5.95. The van der Waals surface area contributed by atoms with E-state index >= 15 is 0 Å². The molecule has 0 atom stereocenters. The lowest BCUT2D eigenvalue weighted by Crippen LogP contribution is -1.99. The molecule has 0 aliphatic carbocycles. The molecule has 2 aromatic rings. The molecular formula is C16H17ClN2O2. The Bertz CT molecular complexity index is 629. The van der Waals surface area contributed by atoms with Crippen molar-refractivity contribution in [3.05, 3.63) is 58.6 Å². The molecule has 0 radical (unpaired) electrons. The van der Waals surface area contributed by atoms with Crippen LogP contribution in [-0.2, 0) is 6.61 Å². The Kier molecular flexibility index (Phi) is 5.46. The summed E-state index contributed by atoms with van der Waals surface area (Å²) in [5.74, 6) is 1.34. The van der Waals surface area contributed by atoms with E-state index in [-0.39, 0.29) is 0 Å². The normalized spacial score (nSPS) is 10.6. The molecule has 0 aliphatic heterocycles. The van der Waals surface area contributed by atoms with Crippen molar-refractivity contribution in [3.8, 4) is 11.5 Å². The van der Waals surface area contributed by atoms with E-state index in [1.165, 1.54) is 0 Å². The Morgan fingerprint density at radius 1 is 1.19 bits per heavy atom. The highest BCUT2D eigenvalue weighted by Crippen LogP contribution is 2.28. The van der Waals surface area contributed by atoms with Gasteiger partial charge in [0.2, 0.25) is 0 Å². The third kappa shape index (κ3) is 4.39. The molecular weight excluding hydrogens is 288 g/mol. The topological polar surface area (TPSA) is 42.9 Å². The van der Waals surface area contributed by atoms with Gasteiger partial charge < -0.3 is 14.9 Å². The van der Waals surface area contributed by atoms with Gasteiger partial charge >= 0.3 is 0 Å². The van der Waals surface area contributed by atoms with E-state index in [1.807, 2.05) is 42.5 Å². The number of benzene rings is 2. The minimum absolute atomic E-state index is 0.431. The number of methoxy groups -OCH3 is 1. The van der Waals surface area contributed by atoms with Gasteiger partial charge in [-0.1, -0.05) is 23.7 Å². The summed E-state index contributed by atoms with van der Waals surface area (Å²) in [6, 6.07) is 13.2. The van der Waals surface area contributed by atoms with Crippen molar-refractivity contribution >= 4 is 17.8 Å². The van der Waals surface area contributed by atoms with Crippen molar-refractivity contribution in [2.45, 2.75) is 6.61 Å². The predicted molar refractivity (Wildman–Crippen MR) is 85.4 cm³/mol. The van der Waals surface area contributed by atoms with Crippen molar-refractivity contribution in [3.63, 3.8) is 0 Å². The first-order valence-electron chi connectivity index (χ1n) is 6.48. The third-order valence-corrected chi connectivity index (χ3v) is 3.05. The minimum Gasteiger partial charge on any atom is -0.493 e. The quantitative estimate of drug-likeness (QED) is 0.656. The summed E-state index contributed by atoms with van der Waals surface area (Å²) in [5.41, 5.74) is 4.64. The fourth-order valence-corrected chi connectivity index (χ4v) is 2.02. The van der Waals surface area contributed by atoms with Crippen molar-refractivity contribution < 1.29 is 9.47 Å². The molecule has 0 spiro atoms. The van der Waals surface area contributed by atoms with Gasteiger partial charge in [-0.05, 0) is 41.5 Å². The summed E-state index contributed by atoms with van der Waals surface area (Å²) in [5, 5.41) is 4.66. The lowest BCUT2D eigenvalue weighted by Gasteiger charge is -2.11. The summed E-state index contributed by atoms with van der Waals surface area (Å²) in [4.78, 5) is 0. The fraction of sp³-hybridized carbons (Fsp3) is 0.188. The molecule has 0 aliphatic rings. The van der Waals surface area contributed by atoms with Crippen molar-refractivity contribution in [1.82, 2.24) is 5.43 Å². The molecule has 0 unspecified atom stereocenters. The van der Waals surface area contributed by atoms with E-state index in [9.17, 15) is 0 Å². The second kappa shape index (κ2) is 7.55. The van der Waals surface area contributed by atoms with Crippen LogP contribution in [0.5, 0.6) is 11.5 Å². The summed E-state index contributed by atoms with van der Waals surface area (Å²) < 4.78 is 11.1. The molecule has 5 heteroatoms. The van der Waals surface area contributed by atoms with E-state index in [0.717, 1.165) is 11.1 Å². The zero-order chi connectivity index (χ0) is 15.1. The third-order valence-electron chi connectivity index (χ3n) is 2.81. The molecule has 0 fully saturated rings. The molecule has 0 heterocycles. The second-order valence-electron chi connectivity index (χ2n) is 4.31. The number of rotatable bonds is 6. The second-order valence-corrected chi connectivity index (χ2v) is 4.75. The van der Waals surface area contributed by atoms with E-state index in [2.05, 4.69) is 10.5 Å². The molecule has 0 bridgehead atoms. The SMILES string of the molecule is CN/N=C/c1ccc(OCc2cccc(Cl)c2)c(OC)c1. The fourth-order valence-electron chi connectivity index (χ4n) is 1.81. The Morgan fingerprint density at radius 2 is 2.05 bits per heavy atom. The van der Waals surface area contributed by atoms with Crippen molar-refractivity contribution in [2.75, 3.05) is 14.2 Å². The van der Waals surface area contributed by atoms with Crippen LogP contribution < -0.4 is 14.9 Å². The summed E-state index contributed by atoms with van der Waals surface area (Å²) >= 11 is 5.95. The lowest BCUT2D eigenvalue weighted by atomic mass is 10.2. The average Bonchev–Trinajstić information content (AvgIpc) is 2.51. The Balaban J connectivity index is 2.10. The molecule has 4 nitrogen and oxygen atoms in total. The smallest absolute Gasteiger partial charge is 0.161 e. The van der Waals surface area contributed by atoms with Gasteiger partial charge in [0.25, 0.3) is 0 Å². The maximum atomic E-state index is 5.95. The number of hydrogen-bond acceptors (Lipinski definition) is 4.